The quantitative estimate of drug-likeness (QED) is 0.933. The highest BCUT2D eigenvalue weighted by Gasteiger charge is 2.21. The van der Waals surface area contributed by atoms with E-state index in [1.54, 1.807) is 18.2 Å². The van der Waals surface area contributed by atoms with Gasteiger partial charge in [0.1, 0.15) is 17.5 Å². The van der Waals surface area contributed by atoms with Crippen molar-refractivity contribution < 1.29 is 23.9 Å². The lowest BCUT2D eigenvalue weighted by Gasteiger charge is -2.27. The van der Waals surface area contributed by atoms with Crippen molar-refractivity contribution in [1.82, 2.24) is 5.16 Å². The standard InChI is InChI=1S/C13H10ClNO5/c14-9-3-7(10-4-12(13(16)17)20-15-10)1-2-11(9)19-8-5-18-6-8/h1-4,8H,5-6H2,(H,16,17). The molecule has 20 heavy (non-hydrogen) atoms. The Kier molecular flexibility index (Phi) is 3.33. The molecule has 104 valence electrons. The minimum Gasteiger partial charge on any atom is -0.484 e. The van der Waals surface area contributed by atoms with Gasteiger partial charge in [-0.3, -0.25) is 0 Å². The molecular formula is C13H10ClNO5. The van der Waals surface area contributed by atoms with Gasteiger partial charge in [-0.1, -0.05) is 16.8 Å². The van der Waals surface area contributed by atoms with Gasteiger partial charge >= 0.3 is 5.97 Å². The van der Waals surface area contributed by atoms with Gasteiger partial charge in [-0.15, -0.1) is 0 Å². The lowest BCUT2D eigenvalue weighted by molar-refractivity contribution is -0.0796. The number of carboxylic acids is 1. The first-order chi connectivity index (χ1) is 9.63. The van der Waals surface area contributed by atoms with Crippen LogP contribution in [0.5, 0.6) is 5.75 Å². The van der Waals surface area contributed by atoms with Gasteiger partial charge in [-0.2, -0.15) is 0 Å². The van der Waals surface area contributed by atoms with Crippen LogP contribution in [0.2, 0.25) is 5.02 Å². The molecule has 1 aliphatic heterocycles. The van der Waals surface area contributed by atoms with Gasteiger partial charge in [-0.25, -0.2) is 4.79 Å². The topological polar surface area (TPSA) is 81.8 Å². The second-order valence-corrected chi connectivity index (χ2v) is 4.71. The summed E-state index contributed by atoms with van der Waals surface area (Å²) < 4.78 is 15.3. The van der Waals surface area contributed by atoms with Gasteiger partial charge in [0.25, 0.3) is 0 Å². The van der Waals surface area contributed by atoms with Crippen LogP contribution < -0.4 is 4.74 Å². The molecule has 1 aliphatic rings. The number of carbonyl (C=O) groups is 1. The summed E-state index contributed by atoms with van der Waals surface area (Å²) in [6.07, 6.45) is 0.0315. The van der Waals surface area contributed by atoms with Crippen molar-refractivity contribution >= 4 is 17.6 Å². The SMILES string of the molecule is O=C(O)c1cc(-c2ccc(OC3COC3)c(Cl)c2)no1. The van der Waals surface area contributed by atoms with Crippen LogP contribution in [0.15, 0.2) is 28.8 Å². The van der Waals surface area contributed by atoms with Crippen molar-refractivity contribution in [2.75, 3.05) is 13.2 Å². The number of carboxylic acid groups (broad SMARTS) is 1. The Bertz CT molecular complexity index is 650. The number of ether oxygens (including phenoxy) is 2. The molecule has 0 radical (unpaired) electrons. The third-order valence-corrected chi connectivity index (χ3v) is 3.15. The molecule has 1 N–H and O–H groups in total. The van der Waals surface area contributed by atoms with Gasteiger partial charge < -0.3 is 19.1 Å². The summed E-state index contributed by atoms with van der Waals surface area (Å²) in [5.41, 5.74) is 1.06. The maximum Gasteiger partial charge on any atom is 0.374 e. The molecule has 0 atom stereocenters. The highest BCUT2D eigenvalue weighted by atomic mass is 35.5. The summed E-state index contributed by atoms with van der Waals surface area (Å²) in [4.78, 5) is 10.7. The van der Waals surface area contributed by atoms with Gasteiger partial charge in [0.15, 0.2) is 0 Å². The summed E-state index contributed by atoms with van der Waals surface area (Å²) in [5.74, 6) is -0.825. The third-order valence-electron chi connectivity index (χ3n) is 2.85. The molecular weight excluding hydrogens is 286 g/mol. The second-order valence-electron chi connectivity index (χ2n) is 4.30. The van der Waals surface area contributed by atoms with Crippen LogP contribution in [-0.4, -0.2) is 35.6 Å². The molecule has 0 amide bonds. The first-order valence-corrected chi connectivity index (χ1v) is 6.25. The molecule has 0 saturated carbocycles. The number of aromatic carboxylic acids is 1. The van der Waals surface area contributed by atoms with E-state index in [9.17, 15) is 4.79 Å². The highest BCUT2D eigenvalue weighted by Crippen LogP contribution is 2.31. The van der Waals surface area contributed by atoms with Crippen LogP contribution >= 0.6 is 11.6 Å². The number of rotatable bonds is 4. The van der Waals surface area contributed by atoms with E-state index in [2.05, 4.69) is 5.16 Å². The Morgan fingerprint density at radius 1 is 1.40 bits per heavy atom. The van der Waals surface area contributed by atoms with Crippen molar-refractivity contribution in [3.05, 3.63) is 35.0 Å². The van der Waals surface area contributed by atoms with E-state index in [0.717, 1.165) is 0 Å². The van der Waals surface area contributed by atoms with Gasteiger partial charge in [0.05, 0.1) is 18.2 Å². The number of hydrogen-bond donors (Lipinski definition) is 1. The first kappa shape index (κ1) is 13.0. The molecule has 3 rings (SSSR count). The van der Waals surface area contributed by atoms with E-state index < -0.39 is 5.97 Å². The minimum atomic E-state index is -1.17. The molecule has 1 aromatic carbocycles. The zero-order valence-electron chi connectivity index (χ0n) is 10.2. The number of aromatic nitrogens is 1. The third kappa shape index (κ3) is 2.48. The van der Waals surface area contributed by atoms with Gasteiger partial charge in [0.2, 0.25) is 5.76 Å². The number of nitrogens with zero attached hydrogens (tertiary/aromatic N) is 1. The average molecular weight is 296 g/mol. The Balaban J connectivity index is 1.83. The van der Waals surface area contributed by atoms with Crippen molar-refractivity contribution in [2.45, 2.75) is 6.10 Å². The summed E-state index contributed by atoms with van der Waals surface area (Å²) in [6.45, 7) is 1.12. The predicted molar refractivity (Wildman–Crippen MR) is 69.1 cm³/mol. The monoisotopic (exact) mass is 295 g/mol. The smallest absolute Gasteiger partial charge is 0.374 e. The van der Waals surface area contributed by atoms with Crippen molar-refractivity contribution in [1.29, 1.82) is 0 Å². The molecule has 0 unspecified atom stereocenters. The Hall–Kier alpha value is -2.05. The molecule has 6 nitrogen and oxygen atoms in total. The van der Waals surface area contributed by atoms with Crippen molar-refractivity contribution in [3.8, 4) is 17.0 Å². The van der Waals surface area contributed by atoms with E-state index in [0.29, 0.717) is 35.2 Å². The fourth-order valence-corrected chi connectivity index (χ4v) is 1.95. The zero-order chi connectivity index (χ0) is 14.1. The summed E-state index contributed by atoms with van der Waals surface area (Å²) in [7, 11) is 0. The van der Waals surface area contributed by atoms with Gasteiger partial charge in [0, 0.05) is 11.6 Å². The Labute approximate surface area is 118 Å². The van der Waals surface area contributed by atoms with Crippen LogP contribution in [-0.2, 0) is 4.74 Å². The fraction of sp³-hybridized carbons (Fsp3) is 0.231. The summed E-state index contributed by atoms with van der Waals surface area (Å²) >= 11 is 6.13. The molecule has 1 fully saturated rings. The maximum absolute atomic E-state index is 10.7. The molecule has 7 heteroatoms. The van der Waals surface area contributed by atoms with Crippen molar-refractivity contribution in [2.24, 2.45) is 0 Å². The highest BCUT2D eigenvalue weighted by molar-refractivity contribution is 6.32. The number of hydrogen-bond acceptors (Lipinski definition) is 5. The normalized spacial score (nSPS) is 14.8. The van der Waals surface area contributed by atoms with Crippen LogP contribution in [0.4, 0.5) is 0 Å². The lowest BCUT2D eigenvalue weighted by Crippen LogP contribution is -2.38. The van der Waals surface area contributed by atoms with Crippen LogP contribution in [0, 0.1) is 0 Å². The van der Waals surface area contributed by atoms with Crippen LogP contribution in [0.1, 0.15) is 10.6 Å². The largest absolute Gasteiger partial charge is 0.484 e. The van der Waals surface area contributed by atoms with Crippen LogP contribution in [0.25, 0.3) is 11.3 Å². The lowest BCUT2D eigenvalue weighted by atomic mass is 10.1. The summed E-state index contributed by atoms with van der Waals surface area (Å²) in [6, 6.07) is 6.45. The van der Waals surface area contributed by atoms with E-state index in [-0.39, 0.29) is 11.9 Å². The summed E-state index contributed by atoms with van der Waals surface area (Å²) in [5, 5.41) is 12.9. The van der Waals surface area contributed by atoms with Crippen LogP contribution in [0.3, 0.4) is 0 Å². The van der Waals surface area contributed by atoms with E-state index in [4.69, 9.17) is 30.7 Å². The number of benzene rings is 1. The minimum absolute atomic E-state index is 0.0315. The predicted octanol–water partition coefficient (Wildman–Crippen LogP) is 2.47. The molecule has 1 saturated heterocycles. The number of halogens is 1. The first-order valence-electron chi connectivity index (χ1n) is 5.88. The maximum atomic E-state index is 10.7. The van der Waals surface area contributed by atoms with Gasteiger partial charge in [-0.05, 0) is 18.2 Å². The zero-order valence-corrected chi connectivity index (χ0v) is 11.0. The molecule has 2 aromatic rings. The van der Waals surface area contributed by atoms with E-state index in [1.807, 2.05) is 0 Å². The Morgan fingerprint density at radius 3 is 2.75 bits per heavy atom. The van der Waals surface area contributed by atoms with E-state index >= 15 is 0 Å². The fourth-order valence-electron chi connectivity index (χ4n) is 1.73. The van der Waals surface area contributed by atoms with Crippen molar-refractivity contribution in [3.63, 3.8) is 0 Å². The molecule has 0 aliphatic carbocycles. The molecule has 2 heterocycles. The average Bonchev–Trinajstić information content (AvgIpc) is 2.84. The second kappa shape index (κ2) is 5.15. The van der Waals surface area contributed by atoms with E-state index in [1.165, 1.54) is 6.07 Å². The molecule has 0 bridgehead atoms. The molecule has 1 aromatic heterocycles. The molecule has 0 spiro atoms. The Morgan fingerprint density at radius 2 is 2.20 bits per heavy atom.